The second-order valence-electron chi connectivity index (χ2n) is 4.33. The van der Waals surface area contributed by atoms with Crippen molar-refractivity contribution in [3.63, 3.8) is 0 Å². The normalized spacial score (nSPS) is 18.8. The van der Waals surface area contributed by atoms with Crippen molar-refractivity contribution in [2.24, 2.45) is 0 Å². The summed E-state index contributed by atoms with van der Waals surface area (Å²) >= 11 is 0. The fourth-order valence-corrected chi connectivity index (χ4v) is 2.14. The van der Waals surface area contributed by atoms with Gasteiger partial charge in [0.2, 0.25) is 0 Å². The molecule has 1 heterocycles. The third-order valence-corrected chi connectivity index (χ3v) is 3.13. The maximum Gasteiger partial charge on any atom is 0.0790 e. The zero-order valence-corrected chi connectivity index (χ0v) is 10.2. The lowest BCUT2D eigenvalue weighted by molar-refractivity contribution is 0.176. The van der Waals surface area contributed by atoms with E-state index in [-0.39, 0.29) is 6.17 Å². The van der Waals surface area contributed by atoms with E-state index in [9.17, 15) is 0 Å². The summed E-state index contributed by atoms with van der Waals surface area (Å²) in [6, 6.07) is 10.5. The van der Waals surface area contributed by atoms with E-state index in [0.29, 0.717) is 0 Å². The molecule has 0 saturated carbocycles. The van der Waals surface area contributed by atoms with Crippen molar-refractivity contribution in [3.05, 3.63) is 48.6 Å². The maximum absolute atomic E-state index is 3.92. The molecule has 0 radical (unpaired) electrons. The van der Waals surface area contributed by atoms with Crippen LogP contribution in [0.3, 0.4) is 0 Å². The molecule has 2 rings (SSSR count). The summed E-state index contributed by atoms with van der Waals surface area (Å²) in [7, 11) is 0. The van der Waals surface area contributed by atoms with Gasteiger partial charge in [0.1, 0.15) is 0 Å². The van der Waals surface area contributed by atoms with Gasteiger partial charge in [0, 0.05) is 32.7 Å². The largest absolute Gasteiger partial charge is 0.314 e. The number of nitrogens with zero attached hydrogens (tertiary/aromatic N) is 1. The van der Waals surface area contributed by atoms with Gasteiger partial charge in [-0.15, -0.1) is 6.58 Å². The minimum atomic E-state index is 0.275. The summed E-state index contributed by atoms with van der Waals surface area (Å²) in [5.74, 6) is 0. The Bertz CT molecular complexity index is 331. The molecule has 17 heavy (non-hydrogen) atoms. The molecule has 92 valence electrons. The van der Waals surface area contributed by atoms with Gasteiger partial charge in [0.25, 0.3) is 0 Å². The monoisotopic (exact) mass is 231 g/mol. The molecule has 1 atom stereocenters. The first-order chi connectivity index (χ1) is 8.40. The summed E-state index contributed by atoms with van der Waals surface area (Å²) in [4.78, 5) is 2.42. The Labute approximate surface area is 104 Å². The lowest BCUT2D eigenvalue weighted by Crippen LogP contribution is -2.52. The topological polar surface area (TPSA) is 27.3 Å². The van der Waals surface area contributed by atoms with E-state index in [1.54, 1.807) is 0 Å². The Balaban J connectivity index is 1.85. The van der Waals surface area contributed by atoms with Crippen molar-refractivity contribution in [2.75, 3.05) is 26.2 Å². The van der Waals surface area contributed by atoms with Gasteiger partial charge in [-0.2, -0.15) is 0 Å². The standard InChI is InChI=1S/C14H21N3/c1-2-14(17-10-8-15-9-11-17)16-12-13-6-4-3-5-7-13/h2-7,14-16H,1,8-12H2. The van der Waals surface area contributed by atoms with Crippen LogP contribution in [0.1, 0.15) is 5.56 Å². The van der Waals surface area contributed by atoms with Gasteiger partial charge in [-0.3, -0.25) is 10.2 Å². The Morgan fingerprint density at radius 3 is 2.65 bits per heavy atom. The van der Waals surface area contributed by atoms with Crippen molar-refractivity contribution in [1.82, 2.24) is 15.5 Å². The molecule has 1 unspecified atom stereocenters. The molecular formula is C14H21N3. The van der Waals surface area contributed by atoms with Crippen LogP contribution in [0.25, 0.3) is 0 Å². The molecule has 0 bridgehead atoms. The van der Waals surface area contributed by atoms with Gasteiger partial charge in [0.15, 0.2) is 0 Å². The lowest BCUT2D eigenvalue weighted by Gasteiger charge is -2.33. The van der Waals surface area contributed by atoms with Crippen LogP contribution < -0.4 is 10.6 Å². The first-order valence-corrected chi connectivity index (χ1v) is 6.25. The fraction of sp³-hybridized carbons (Fsp3) is 0.429. The molecule has 1 saturated heterocycles. The Hall–Kier alpha value is -1.16. The van der Waals surface area contributed by atoms with Crippen molar-refractivity contribution in [2.45, 2.75) is 12.7 Å². The number of hydrogen-bond acceptors (Lipinski definition) is 3. The van der Waals surface area contributed by atoms with Gasteiger partial charge in [0.05, 0.1) is 6.17 Å². The SMILES string of the molecule is C=CC(NCc1ccccc1)N1CCNCC1. The van der Waals surface area contributed by atoms with Crippen LogP contribution in [-0.2, 0) is 6.54 Å². The second-order valence-corrected chi connectivity index (χ2v) is 4.33. The first kappa shape index (κ1) is 12.3. The first-order valence-electron chi connectivity index (χ1n) is 6.25. The highest BCUT2D eigenvalue weighted by atomic mass is 15.3. The summed E-state index contributed by atoms with van der Waals surface area (Å²) in [6.45, 7) is 9.11. The average molecular weight is 231 g/mol. The van der Waals surface area contributed by atoms with Crippen LogP contribution in [0.2, 0.25) is 0 Å². The number of hydrogen-bond donors (Lipinski definition) is 2. The van der Waals surface area contributed by atoms with E-state index in [2.05, 4.69) is 46.4 Å². The van der Waals surface area contributed by atoms with E-state index >= 15 is 0 Å². The predicted octanol–water partition coefficient (Wildman–Crippen LogP) is 1.19. The highest BCUT2D eigenvalue weighted by Gasteiger charge is 2.16. The molecule has 1 aromatic rings. The van der Waals surface area contributed by atoms with Crippen molar-refractivity contribution >= 4 is 0 Å². The third kappa shape index (κ3) is 3.66. The van der Waals surface area contributed by atoms with Gasteiger partial charge >= 0.3 is 0 Å². The molecule has 1 aliphatic rings. The van der Waals surface area contributed by atoms with E-state index in [1.165, 1.54) is 5.56 Å². The molecule has 0 amide bonds. The molecule has 0 spiro atoms. The molecule has 1 aromatic carbocycles. The van der Waals surface area contributed by atoms with Gasteiger partial charge < -0.3 is 5.32 Å². The number of piperazine rings is 1. The highest BCUT2D eigenvalue weighted by Crippen LogP contribution is 2.03. The molecular weight excluding hydrogens is 210 g/mol. The van der Waals surface area contributed by atoms with E-state index in [0.717, 1.165) is 32.7 Å². The van der Waals surface area contributed by atoms with Crippen LogP contribution in [-0.4, -0.2) is 37.2 Å². The number of nitrogens with one attached hydrogen (secondary N) is 2. The summed E-state index contributed by atoms with van der Waals surface area (Å²) < 4.78 is 0. The minimum Gasteiger partial charge on any atom is -0.314 e. The van der Waals surface area contributed by atoms with Crippen molar-refractivity contribution in [3.8, 4) is 0 Å². The highest BCUT2D eigenvalue weighted by molar-refractivity contribution is 5.14. The van der Waals surface area contributed by atoms with Crippen molar-refractivity contribution < 1.29 is 0 Å². The number of rotatable bonds is 5. The maximum atomic E-state index is 3.92. The van der Waals surface area contributed by atoms with Crippen LogP contribution in [0, 0.1) is 0 Å². The summed E-state index contributed by atoms with van der Waals surface area (Å²) in [6.07, 6.45) is 2.27. The Kier molecular flexibility index (Phi) is 4.74. The van der Waals surface area contributed by atoms with Gasteiger partial charge in [-0.1, -0.05) is 36.4 Å². The van der Waals surface area contributed by atoms with Gasteiger partial charge in [-0.25, -0.2) is 0 Å². The molecule has 1 fully saturated rings. The molecule has 3 heteroatoms. The predicted molar refractivity (Wildman–Crippen MR) is 71.7 cm³/mol. The van der Waals surface area contributed by atoms with Crippen LogP contribution >= 0.6 is 0 Å². The minimum absolute atomic E-state index is 0.275. The quantitative estimate of drug-likeness (QED) is 0.746. The molecule has 0 aromatic heterocycles. The Morgan fingerprint density at radius 2 is 2.00 bits per heavy atom. The van der Waals surface area contributed by atoms with Crippen LogP contribution in [0.4, 0.5) is 0 Å². The zero-order chi connectivity index (χ0) is 11.9. The molecule has 1 aliphatic heterocycles. The number of benzene rings is 1. The molecule has 0 aliphatic carbocycles. The van der Waals surface area contributed by atoms with Crippen LogP contribution in [0.5, 0.6) is 0 Å². The second kappa shape index (κ2) is 6.55. The fourth-order valence-electron chi connectivity index (χ4n) is 2.14. The van der Waals surface area contributed by atoms with Crippen LogP contribution in [0.15, 0.2) is 43.0 Å². The molecule has 2 N–H and O–H groups in total. The van der Waals surface area contributed by atoms with Gasteiger partial charge in [-0.05, 0) is 5.56 Å². The smallest absolute Gasteiger partial charge is 0.0790 e. The third-order valence-electron chi connectivity index (χ3n) is 3.13. The lowest BCUT2D eigenvalue weighted by atomic mass is 10.2. The van der Waals surface area contributed by atoms with Crippen molar-refractivity contribution in [1.29, 1.82) is 0 Å². The van der Waals surface area contributed by atoms with E-state index < -0.39 is 0 Å². The van der Waals surface area contributed by atoms with E-state index in [4.69, 9.17) is 0 Å². The Morgan fingerprint density at radius 1 is 1.29 bits per heavy atom. The summed E-state index contributed by atoms with van der Waals surface area (Å²) in [5.41, 5.74) is 1.31. The average Bonchev–Trinajstić information content (AvgIpc) is 2.42. The summed E-state index contributed by atoms with van der Waals surface area (Å²) in [5, 5.41) is 6.90. The van der Waals surface area contributed by atoms with E-state index in [1.807, 2.05) is 12.1 Å². The molecule has 3 nitrogen and oxygen atoms in total. The zero-order valence-electron chi connectivity index (χ0n) is 10.2.